The zero-order valence-corrected chi connectivity index (χ0v) is 23.6. The summed E-state index contributed by atoms with van der Waals surface area (Å²) in [5.41, 5.74) is 7.15. The molecular weight excluding hydrogens is 508 g/mol. The summed E-state index contributed by atoms with van der Waals surface area (Å²) in [5, 5.41) is 13.2. The van der Waals surface area contributed by atoms with E-state index in [2.05, 4.69) is 36.2 Å². The van der Waals surface area contributed by atoms with Gasteiger partial charge in [-0.2, -0.15) is 15.0 Å². The van der Waals surface area contributed by atoms with E-state index >= 15 is 0 Å². The molecule has 0 radical (unpaired) electrons. The minimum atomic E-state index is -0.0440. The summed E-state index contributed by atoms with van der Waals surface area (Å²) in [6, 6.07) is 8.17. The molecule has 1 heterocycles. The van der Waals surface area contributed by atoms with Crippen LogP contribution in [-0.2, 0) is 20.7 Å². The highest BCUT2D eigenvalue weighted by atomic mass is 16.5. The molecule has 2 fully saturated rings. The Balaban J connectivity index is 1.26. The van der Waals surface area contributed by atoms with Gasteiger partial charge in [0, 0.05) is 31.4 Å². The number of benzene rings is 1. The third-order valence-electron chi connectivity index (χ3n) is 7.37. The van der Waals surface area contributed by atoms with Crippen molar-refractivity contribution >= 4 is 29.4 Å². The normalized spacial score (nSPS) is 16.1. The Morgan fingerprint density at radius 2 is 1.50 bits per heavy atom. The van der Waals surface area contributed by atoms with E-state index in [0.29, 0.717) is 75.7 Å². The number of amides is 1. The molecule has 2 aromatic rings. The average molecular weight is 555 g/mol. The summed E-state index contributed by atoms with van der Waals surface area (Å²) in [5.74, 6) is 2.34. The minimum absolute atomic E-state index is 0.0440. The van der Waals surface area contributed by atoms with Gasteiger partial charge in [-0.25, -0.2) is 0 Å². The van der Waals surface area contributed by atoms with Crippen LogP contribution in [0.1, 0.15) is 63.4 Å². The summed E-state index contributed by atoms with van der Waals surface area (Å²) in [6.07, 6.45) is 11.6. The van der Waals surface area contributed by atoms with Gasteiger partial charge >= 0.3 is 0 Å². The molecule has 0 saturated heterocycles. The zero-order valence-electron chi connectivity index (χ0n) is 23.6. The molecule has 4 rings (SSSR count). The number of nitrogens with zero attached hydrogens (tertiary/aromatic N) is 3. The van der Waals surface area contributed by atoms with E-state index in [1.54, 1.807) is 0 Å². The van der Waals surface area contributed by atoms with Gasteiger partial charge in [-0.05, 0) is 49.3 Å². The molecule has 40 heavy (non-hydrogen) atoms. The molecule has 0 atom stereocenters. The van der Waals surface area contributed by atoms with Crippen LogP contribution in [0.2, 0.25) is 0 Å². The van der Waals surface area contributed by atoms with Gasteiger partial charge in [0.15, 0.2) is 0 Å². The highest BCUT2D eigenvalue weighted by molar-refractivity contribution is 5.78. The molecule has 0 aliphatic heterocycles. The number of ether oxygens (including phenoxy) is 2. The summed E-state index contributed by atoms with van der Waals surface area (Å²) >= 11 is 0. The second-order valence-electron chi connectivity index (χ2n) is 10.7. The first-order chi connectivity index (χ1) is 19.7. The van der Waals surface area contributed by atoms with Crippen molar-refractivity contribution in [1.29, 1.82) is 0 Å². The van der Waals surface area contributed by atoms with E-state index in [1.165, 1.54) is 44.9 Å². The van der Waals surface area contributed by atoms with Gasteiger partial charge in [-0.15, -0.1) is 0 Å². The Morgan fingerprint density at radius 3 is 2.25 bits per heavy atom. The number of hydrogen-bond donors (Lipinski definition) is 5. The zero-order chi connectivity index (χ0) is 27.8. The van der Waals surface area contributed by atoms with Crippen LogP contribution in [0.25, 0.3) is 0 Å². The lowest BCUT2D eigenvalue weighted by atomic mass is 9.89. The van der Waals surface area contributed by atoms with Crippen molar-refractivity contribution in [1.82, 2.24) is 20.3 Å². The van der Waals surface area contributed by atoms with Gasteiger partial charge < -0.3 is 36.5 Å². The van der Waals surface area contributed by atoms with Crippen LogP contribution in [0.3, 0.4) is 0 Å². The largest absolute Gasteiger partial charge is 0.378 e. The van der Waals surface area contributed by atoms with Crippen molar-refractivity contribution in [2.24, 2.45) is 11.7 Å². The van der Waals surface area contributed by atoms with Crippen LogP contribution in [0, 0.1) is 5.92 Å². The van der Waals surface area contributed by atoms with E-state index in [9.17, 15) is 4.79 Å². The molecule has 0 spiro atoms. The maximum Gasteiger partial charge on any atom is 0.233 e. The third kappa shape index (κ3) is 10.9. The molecule has 1 aromatic heterocycles. The molecule has 0 unspecified atom stereocenters. The first kappa shape index (κ1) is 30.0. The highest BCUT2D eigenvalue weighted by Gasteiger charge is 2.18. The van der Waals surface area contributed by atoms with Crippen LogP contribution >= 0.6 is 0 Å². The number of anilines is 4. The summed E-state index contributed by atoms with van der Waals surface area (Å²) in [4.78, 5) is 26.3. The quantitative estimate of drug-likeness (QED) is 0.184. The summed E-state index contributed by atoms with van der Waals surface area (Å²) < 4.78 is 10.7. The first-order valence-electron chi connectivity index (χ1n) is 14.9. The van der Waals surface area contributed by atoms with E-state index in [1.807, 2.05) is 24.3 Å². The first-order valence-corrected chi connectivity index (χ1v) is 14.9. The fourth-order valence-corrected chi connectivity index (χ4v) is 5.21. The van der Waals surface area contributed by atoms with Crippen LogP contribution < -0.4 is 27.0 Å². The standard InChI is InChI=1S/C29H46N8O3/c30-14-16-39-18-19-40-17-15-31-26(38)20-22-10-12-25(13-11-22)34-29-36-27(32-21-23-6-2-1-3-7-23)35-28(37-29)33-24-8-4-5-9-24/h10-13,23-24H,1-9,14-21,30H2,(H,31,38)(H3,32,33,34,35,36,37). The van der Waals surface area contributed by atoms with E-state index < -0.39 is 0 Å². The molecule has 220 valence electrons. The van der Waals surface area contributed by atoms with E-state index in [0.717, 1.165) is 30.6 Å². The molecule has 2 aliphatic rings. The number of hydrogen-bond acceptors (Lipinski definition) is 10. The summed E-state index contributed by atoms with van der Waals surface area (Å²) in [7, 11) is 0. The van der Waals surface area contributed by atoms with Crippen molar-refractivity contribution in [3.8, 4) is 0 Å². The average Bonchev–Trinajstić information content (AvgIpc) is 3.48. The van der Waals surface area contributed by atoms with Gasteiger partial charge in [-0.1, -0.05) is 44.2 Å². The van der Waals surface area contributed by atoms with Crippen molar-refractivity contribution in [3.05, 3.63) is 29.8 Å². The predicted molar refractivity (Wildman–Crippen MR) is 158 cm³/mol. The Hall–Kier alpha value is -3.02. The van der Waals surface area contributed by atoms with Gasteiger partial charge in [-0.3, -0.25) is 4.79 Å². The van der Waals surface area contributed by atoms with Crippen LogP contribution in [0.15, 0.2) is 24.3 Å². The fourth-order valence-electron chi connectivity index (χ4n) is 5.21. The molecule has 1 aromatic carbocycles. The number of carbonyl (C=O) groups excluding carboxylic acids is 1. The van der Waals surface area contributed by atoms with Gasteiger partial charge in [0.25, 0.3) is 0 Å². The lowest BCUT2D eigenvalue weighted by Crippen LogP contribution is -2.29. The second kappa shape index (κ2) is 16.9. The van der Waals surface area contributed by atoms with Crippen molar-refractivity contribution < 1.29 is 14.3 Å². The number of aromatic nitrogens is 3. The van der Waals surface area contributed by atoms with E-state index in [4.69, 9.17) is 15.2 Å². The number of nitrogens with one attached hydrogen (secondary N) is 4. The van der Waals surface area contributed by atoms with Crippen LogP contribution in [-0.4, -0.2) is 73.0 Å². The predicted octanol–water partition coefficient (Wildman–Crippen LogP) is 3.61. The number of carbonyl (C=O) groups is 1. The number of nitrogens with two attached hydrogens (primary N) is 1. The number of rotatable bonds is 17. The Bertz CT molecular complexity index is 1010. The SMILES string of the molecule is NCCOCCOCCNC(=O)Cc1ccc(Nc2nc(NCC3CCCCC3)nc(NC3CCCC3)n2)cc1. The van der Waals surface area contributed by atoms with Crippen molar-refractivity contribution in [3.63, 3.8) is 0 Å². The molecule has 11 heteroatoms. The second-order valence-corrected chi connectivity index (χ2v) is 10.7. The Labute approximate surface area is 237 Å². The fraction of sp³-hybridized carbons (Fsp3) is 0.655. The summed E-state index contributed by atoms with van der Waals surface area (Å²) in [6.45, 7) is 3.82. The van der Waals surface area contributed by atoms with E-state index in [-0.39, 0.29) is 5.91 Å². The molecule has 11 nitrogen and oxygen atoms in total. The smallest absolute Gasteiger partial charge is 0.233 e. The lowest BCUT2D eigenvalue weighted by molar-refractivity contribution is -0.120. The van der Waals surface area contributed by atoms with Crippen molar-refractivity contribution in [2.75, 3.05) is 62.0 Å². The van der Waals surface area contributed by atoms with Gasteiger partial charge in [0.1, 0.15) is 0 Å². The third-order valence-corrected chi connectivity index (χ3v) is 7.37. The lowest BCUT2D eigenvalue weighted by Gasteiger charge is -2.22. The highest BCUT2D eigenvalue weighted by Crippen LogP contribution is 2.25. The van der Waals surface area contributed by atoms with Gasteiger partial charge in [0.05, 0.1) is 32.8 Å². The van der Waals surface area contributed by atoms with Crippen LogP contribution in [0.4, 0.5) is 23.5 Å². The topological polar surface area (TPSA) is 148 Å². The molecule has 0 bridgehead atoms. The van der Waals surface area contributed by atoms with Crippen molar-refractivity contribution in [2.45, 2.75) is 70.3 Å². The maximum atomic E-state index is 12.3. The Kier molecular flexibility index (Phi) is 12.7. The molecule has 1 amide bonds. The molecule has 2 saturated carbocycles. The monoisotopic (exact) mass is 554 g/mol. The van der Waals surface area contributed by atoms with Crippen LogP contribution in [0.5, 0.6) is 0 Å². The van der Waals surface area contributed by atoms with Gasteiger partial charge in [0.2, 0.25) is 23.8 Å². The Morgan fingerprint density at radius 1 is 0.825 bits per heavy atom. The molecule has 2 aliphatic carbocycles. The molecular formula is C29H46N8O3. The molecule has 6 N–H and O–H groups in total. The minimum Gasteiger partial charge on any atom is -0.378 e. The maximum absolute atomic E-state index is 12.3.